The lowest BCUT2D eigenvalue weighted by Gasteiger charge is -2.21. The van der Waals surface area contributed by atoms with Crippen LogP contribution in [0.2, 0.25) is 0 Å². The summed E-state index contributed by atoms with van der Waals surface area (Å²) in [5.41, 5.74) is 0. The molecule has 0 unspecified atom stereocenters. The van der Waals surface area contributed by atoms with Gasteiger partial charge in [-0.2, -0.15) is 0 Å². The predicted molar refractivity (Wildman–Crippen MR) is 96.3 cm³/mol. The first-order chi connectivity index (χ1) is 11.8. The van der Waals surface area contributed by atoms with Gasteiger partial charge in [0.15, 0.2) is 0 Å². The van der Waals surface area contributed by atoms with E-state index in [9.17, 15) is 9.59 Å². The van der Waals surface area contributed by atoms with Gasteiger partial charge >= 0.3 is 0 Å². The van der Waals surface area contributed by atoms with Crippen LogP contribution in [0.3, 0.4) is 0 Å². The number of hydrogen-bond acceptors (Lipinski definition) is 4. The van der Waals surface area contributed by atoms with Crippen LogP contribution in [-0.4, -0.2) is 37.6 Å². The molecular formula is C18H28N2O3S. The molecule has 1 aromatic heterocycles. The van der Waals surface area contributed by atoms with E-state index in [1.54, 1.807) is 6.07 Å². The molecule has 0 radical (unpaired) electrons. The lowest BCUT2D eigenvalue weighted by Crippen LogP contribution is -2.28. The molecule has 24 heavy (non-hydrogen) atoms. The van der Waals surface area contributed by atoms with Crippen molar-refractivity contribution in [3.63, 3.8) is 0 Å². The third kappa shape index (κ3) is 7.45. The Labute approximate surface area is 148 Å². The summed E-state index contributed by atoms with van der Waals surface area (Å²) in [4.78, 5) is 24.1. The molecule has 1 aliphatic rings. The van der Waals surface area contributed by atoms with Crippen LogP contribution in [0.25, 0.3) is 0 Å². The first-order valence-corrected chi connectivity index (χ1v) is 9.83. The molecule has 0 spiro atoms. The summed E-state index contributed by atoms with van der Waals surface area (Å²) in [5, 5.41) is 7.61. The zero-order chi connectivity index (χ0) is 17.0. The fourth-order valence-electron chi connectivity index (χ4n) is 2.82. The summed E-state index contributed by atoms with van der Waals surface area (Å²) in [6, 6.07) is 3.65. The summed E-state index contributed by atoms with van der Waals surface area (Å²) >= 11 is 1.42. The lowest BCUT2D eigenvalue weighted by atomic mass is 9.98. The smallest absolute Gasteiger partial charge is 0.261 e. The fraction of sp³-hybridized carbons (Fsp3) is 0.667. The second kappa shape index (κ2) is 11.2. The number of carbonyl (C=O) groups is 2. The van der Waals surface area contributed by atoms with Gasteiger partial charge in [0, 0.05) is 26.1 Å². The molecule has 0 bridgehead atoms. The number of nitrogens with one attached hydrogen (secondary N) is 2. The zero-order valence-electron chi connectivity index (χ0n) is 14.2. The van der Waals surface area contributed by atoms with Crippen molar-refractivity contribution in [2.24, 2.45) is 0 Å². The minimum absolute atomic E-state index is 0.0399. The average molecular weight is 353 g/mol. The van der Waals surface area contributed by atoms with Gasteiger partial charge in [-0.05, 0) is 37.1 Å². The number of thiophene rings is 1. The van der Waals surface area contributed by atoms with Gasteiger partial charge in [0.1, 0.15) is 0 Å². The number of hydrogen-bond donors (Lipinski definition) is 2. The molecule has 0 saturated heterocycles. The van der Waals surface area contributed by atoms with Crippen LogP contribution >= 0.6 is 11.3 Å². The highest BCUT2D eigenvalue weighted by Crippen LogP contribution is 2.20. The topological polar surface area (TPSA) is 67.4 Å². The number of carbonyl (C=O) groups excluding carboxylic acids is 2. The summed E-state index contributed by atoms with van der Waals surface area (Å²) < 4.78 is 5.83. The Balaban J connectivity index is 1.41. The summed E-state index contributed by atoms with van der Waals surface area (Å²) in [6.07, 6.45) is 8.65. The molecular weight excluding hydrogens is 324 g/mol. The maximum Gasteiger partial charge on any atom is 0.261 e. The molecule has 0 aromatic carbocycles. The van der Waals surface area contributed by atoms with E-state index in [4.69, 9.17) is 4.74 Å². The highest BCUT2D eigenvalue weighted by molar-refractivity contribution is 7.12. The molecule has 1 heterocycles. The van der Waals surface area contributed by atoms with Gasteiger partial charge in [0.05, 0.1) is 11.0 Å². The van der Waals surface area contributed by atoms with Crippen LogP contribution in [0, 0.1) is 0 Å². The first-order valence-electron chi connectivity index (χ1n) is 8.95. The molecule has 2 amide bonds. The Morgan fingerprint density at radius 2 is 1.92 bits per heavy atom. The number of ether oxygens (including phenoxy) is 1. The SMILES string of the molecule is O=C(CCCNC(=O)c1cccs1)NCCCOC1CCCCC1. The van der Waals surface area contributed by atoms with Crippen molar-refractivity contribution >= 4 is 23.2 Å². The highest BCUT2D eigenvalue weighted by Gasteiger charge is 2.13. The van der Waals surface area contributed by atoms with Gasteiger partial charge in [-0.15, -0.1) is 11.3 Å². The lowest BCUT2D eigenvalue weighted by molar-refractivity contribution is -0.121. The van der Waals surface area contributed by atoms with Gasteiger partial charge in [-0.1, -0.05) is 25.3 Å². The zero-order valence-corrected chi connectivity index (χ0v) is 15.0. The van der Waals surface area contributed by atoms with Crippen LogP contribution in [0.1, 0.15) is 61.0 Å². The molecule has 0 aliphatic heterocycles. The number of amides is 2. The van der Waals surface area contributed by atoms with E-state index in [1.807, 2.05) is 11.4 Å². The van der Waals surface area contributed by atoms with Crippen LogP contribution in [0.15, 0.2) is 17.5 Å². The molecule has 6 heteroatoms. The van der Waals surface area contributed by atoms with Crippen LogP contribution in [0.4, 0.5) is 0 Å². The maximum absolute atomic E-state index is 11.7. The second-order valence-electron chi connectivity index (χ2n) is 6.17. The highest BCUT2D eigenvalue weighted by atomic mass is 32.1. The summed E-state index contributed by atoms with van der Waals surface area (Å²) in [6.45, 7) is 1.91. The molecule has 0 atom stereocenters. The minimum atomic E-state index is -0.0646. The largest absolute Gasteiger partial charge is 0.378 e. The van der Waals surface area contributed by atoms with E-state index in [0.29, 0.717) is 36.9 Å². The van der Waals surface area contributed by atoms with Crippen LogP contribution in [0.5, 0.6) is 0 Å². The van der Waals surface area contributed by atoms with Crippen molar-refractivity contribution < 1.29 is 14.3 Å². The molecule has 1 saturated carbocycles. The second-order valence-corrected chi connectivity index (χ2v) is 7.12. The van der Waals surface area contributed by atoms with Crippen molar-refractivity contribution in [2.45, 2.75) is 57.5 Å². The third-order valence-electron chi connectivity index (χ3n) is 4.16. The maximum atomic E-state index is 11.7. The normalized spacial score (nSPS) is 15.2. The Kier molecular flexibility index (Phi) is 8.84. The van der Waals surface area contributed by atoms with E-state index in [1.165, 1.54) is 43.4 Å². The summed E-state index contributed by atoms with van der Waals surface area (Å²) in [5.74, 6) is -0.0247. The molecule has 2 N–H and O–H groups in total. The third-order valence-corrected chi connectivity index (χ3v) is 5.03. The van der Waals surface area contributed by atoms with Gasteiger partial charge < -0.3 is 15.4 Å². The van der Waals surface area contributed by atoms with Crippen molar-refractivity contribution in [3.8, 4) is 0 Å². The van der Waals surface area contributed by atoms with Crippen molar-refractivity contribution in [1.29, 1.82) is 0 Å². The van der Waals surface area contributed by atoms with Crippen molar-refractivity contribution in [1.82, 2.24) is 10.6 Å². The van der Waals surface area contributed by atoms with E-state index in [2.05, 4.69) is 10.6 Å². The minimum Gasteiger partial charge on any atom is -0.378 e. The molecule has 1 aliphatic carbocycles. The van der Waals surface area contributed by atoms with Crippen molar-refractivity contribution in [2.75, 3.05) is 19.7 Å². The molecule has 2 rings (SSSR count). The predicted octanol–water partition coefficient (Wildman–Crippen LogP) is 3.11. The average Bonchev–Trinajstić information content (AvgIpc) is 3.14. The van der Waals surface area contributed by atoms with E-state index in [0.717, 1.165) is 13.0 Å². The van der Waals surface area contributed by atoms with Gasteiger partial charge in [-0.3, -0.25) is 9.59 Å². The van der Waals surface area contributed by atoms with Crippen molar-refractivity contribution in [3.05, 3.63) is 22.4 Å². The standard InChI is InChI=1S/C18H28N2O3S/c21-17(10-4-11-20-18(22)16-9-5-14-24-16)19-12-6-13-23-15-7-2-1-3-8-15/h5,9,14-15H,1-4,6-8,10-13H2,(H,19,21)(H,20,22). The summed E-state index contributed by atoms with van der Waals surface area (Å²) in [7, 11) is 0. The van der Waals surface area contributed by atoms with Crippen LogP contribution in [-0.2, 0) is 9.53 Å². The first kappa shape index (κ1) is 18.9. The van der Waals surface area contributed by atoms with Gasteiger partial charge in [0.25, 0.3) is 5.91 Å². The molecule has 5 nitrogen and oxygen atoms in total. The van der Waals surface area contributed by atoms with Crippen LogP contribution < -0.4 is 10.6 Å². The van der Waals surface area contributed by atoms with E-state index >= 15 is 0 Å². The fourth-order valence-corrected chi connectivity index (χ4v) is 3.46. The Bertz CT molecular complexity index is 484. The Morgan fingerprint density at radius 3 is 2.67 bits per heavy atom. The van der Waals surface area contributed by atoms with E-state index < -0.39 is 0 Å². The van der Waals surface area contributed by atoms with E-state index in [-0.39, 0.29) is 11.8 Å². The quantitative estimate of drug-likeness (QED) is 0.636. The molecule has 1 aromatic rings. The van der Waals surface area contributed by atoms with Gasteiger partial charge in [0.2, 0.25) is 5.91 Å². The van der Waals surface area contributed by atoms with Gasteiger partial charge in [-0.25, -0.2) is 0 Å². The molecule has 1 fully saturated rings. The number of rotatable bonds is 10. The Hall–Kier alpha value is -1.40. The monoisotopic (exact) mass is 352 g/mol. The molecule has 134 valence electrons. The Morgan fingerprint density at radius 1 is 1.12 bits per heavy atom.